The lowest BCUT2D eigenvalue weighted by molar-refractivity contribution is 0.0688. The molecule has 2 aromatic rings. The molecule has 0 unspecified atom stereocenters. The average molecular weight is 212 g/mol. The van der Waals surface area contributed by atoms with Gasteiger partial charge in [0, 0.05) is 15.9 Å². The Hall–Kier alpha value is -1.68. The summed E-state index contributed by atoms with van der Waals surface area (Å²) in [7, 11) is 0. The van der Waals surface area contributed by atoms with Crippen LogP contribution in [0.1, 0.15) is 10.5 Å². The Morgan fingerprint density at radius 1 is 1.43 bits per heavy atom. The SMILES string of the molecule is O=C(O)c1[nH]c2ccc(Cl)cc2c1O. The zero-order chi connectivity index (χ0) is 10.3. The molecular formula is C9H6ClNO3. The third-order valence-corrected chi connectivity index (χ3v) is 2.18. The standard InChI is InChI=1S/C9H6ClNO3/c10-4-1-2-6-5(3-4)8(12)7(11-6)9(13)14/h1-3,11-12H,(H,13,14). The van der Waals surface area contributed by atoms with Gasteiger partial charge in [-0.1, -0.05) is 11.6 Å². The van der Waals surface area contributed by atoms with E-state index in [2.05, 4.69) is 4.98 Å². The molecule has 0 fully saturated rings. The van der Waals surface area contributed by atoms with Gasteiger partial charge < -0.3 is 15.2 Å². The number of nitrogens with one attached hydrogen (secondary N) is 1. The van der Waals surface area contributed by atoms with Gasteiger partial charge in [0.25, 0.3) is 0 Å². The second-order valence-electron chi connectivity index (χ2n) is 2.84. The van der Waals surface area contributed by atoms with Crippen LogP contribution in [0.4, 0.5) is 0 Å². The van der Waals surface area contributed by atoms with Crippen molar-refractivity contribution in [2.75, 3.05) is 0 Å². The van der Waals surface area contributed by atoms with Crippen LogP contribution >= 0.6 is 11.6 Å². The number of aromatic carboxylic acids is 1. The normalized spacial score (nSPS) is 10.6. The minimum atomic E-state index is -1.20. The Morgan fingerprint density at radius 3 is 2.79 bits per heavy atom. The summed E-state index contributed by atoms with van der Waals surface area (Å²) in [5.41, 5.74) is 0.326. The molecule has 72 valence electrons. The number of aromatic hydroxyl groups is 1. The molecule has 0 atom stereocenters. The molecule has 0 aliphatic heterocycles. The summed E-state index contributed by atoms with van der Waals surface area (Å²) >= 11 is 5.71. The summed E-state index contributed by atoms with van der Waals surface area (Å²) in [6.07, 6.45) is 0. The van der Waals surface area contributed by atoms with Crippen LogP contribution in [-0.4, -0.2) is 21.2 Å². The number of aromatic nitrogens is 1. The molecule has 3 N–H and O–H groups in total. The number of benzene rings is 1. The highest BCUT2D eigenvalue weighted by molar-refractivity contribution is 6.31. The number of halogens is 1. The predicted octanol–water partition coefficient (Wildman–Crippen LogP) is 2.23. The zero-order valence-electron chi connectivity index (χ0n) is 6.91. The van der Waals surface area contributed by atoms with Crippen molar-refractivity contribution in [2.24, 2.45) is 0 Å². The Bertz CT molecular complexity index is 518. The smallest absolute Gasteiger partial charge is 0.356 e. The Morgan fingerprint density at radius 2 is 2.14 bits per heavy atom. The monoisotopic (exact) mass is 211 g/mol. The lowest BCUT2D eigenvalue weighted by Crippen LogP contribution is -1.95. The number of carboxylic acids is 1. The second-order valence-corrected chi connectivity index (χ2v) is 3.28. The van der Waals surface area contributed by atoms with Gasteiger partial charge in [0.05, 0.1) is 0 Å². The van der Waals surface area contributed by atoms with Gasteiger partial charge >= 0.3 is 5.97 Å². The second kappa shape index (κ2) is 2.92. The molecular weight excluding hydrogens is 206 g/mol. The molecule has 4 nitrogen and oxygen atoms in total. The van der Waals surface area contributed by atoms with Crippen LogP contribution < -0.4 is 0 Å². The van der Waals surface area contributed by atoms with E-state index >= 15 is 0 Å². The maximum absolute atomic E-state index is 10.7. The number of carboxylic acid groups (broad SMARTS) is 1. The van der Waals surface area contributed by atoms with Crippen molar-refractivity contribution in [3.8, 4) is 5.75 Å². The number of rotatable bonds is 1. The molecule has 2 rings (SSSR count). The fourth-order valence-corrected chi connectivity index (χ4v) is 1.48. The molecule has 0 bridgehead atoms. The third kappa shape index (κ3) is 1.20. The molecule has 0 saturated carbocycles. The van der Waals surface area contributed by atoms with Crippen molar-refractivity contribution in [3.63, 3.8) is 0 Å². The number of H-pyrrole nitrogens is 1. The Labute approximate surface area is 83.7 Å². The van der Waals surface area contributed by atoms with E-state index in [0.29, 0.717) is 15.9 Å². The number of fused-ring (bicyclic) bond motifs is 1. The van der Waals surface area contributed by atoms with E-state index in [1.807, 2.05) is 0 Å². The van der Waals surface area contributed by atoms with Gasteiger partial charge in [-0.25, -0.2) is 4.79 Å². The van der Waals surface area contributed by atoms with Gasteiger partial charge in [-0.3, -0.25) is 0 Å². The van der Waals surface area contributed by atoms with Crippen molar-refractivity contribution in [1.29, 1.82) is 0 Å². The maximum Gasteiger partial charge on any atom is 0.356 e. The molecule has 1 aromatic carbocycles. The highest BCUT2D eigenvalue weighted by Gasteiger charge is 2.15. The summed E-state index contributed by atoms with van der Waals surface area (Å²) in [5, 5.41) is 19.1. The first-order valence-electron chi connectivity index (χ1n) is 3.83. The van der Waals surface area contributed by atoms with Crippen LogP contribution in [0.25, 0.3) is 10.9 Å². The third-order valence-electron chi connectivity index (χ3n) is 1.95. The van der Waals surface area contributed by atoms with E-state index in [1.165, 1.54) is 6.07 Å². The summed E-state index contributed by atoms with van der Waals surface area (Å²) in [6.45, 7) is 0. The Kier molecular flexibility index (Phi) is 1.86. The van der Waals surface area contributed by atoms with Crippen molar-refractivity contribution >= 4 is 28.5 Å². The molecule has 0 saturated heterocycles. The Balaban J connectivity index is 2.80. The van der Waals surface area contributed by atoms with Crippen LogP contribution in [-0.2, 0) is 0 Å². The van der Waals surface area contributed by atoms with Gasteiger partial charge in [-0.05, 0) is 18.2 Å². The van der Waals surface area contributed by atoms with E-state index in [0.717, 1.165) is 0 Å². The van der Waals surface area contributed by atoms with Gasteiger partial charge in [0.2, 0.25) is 0 Å². The van der Waals surface area contributed by atoms with Gasteiger partial charge in [-0.15, -0.1) is 0 Å². The van der Waals surface area contributed by atoms with Crippen molar-refractivity contribution in [3.05, 3.63) is 28.9 Å². The van der Waals surface area contributed by atoms with Crippen LogP contribution in [0.2, 0.25) is 5.02 Å². The number of hydrogen-bond acceptors (Lipinski definition) is 2. The van der Waals surface area contributed by atoms with E-state index in [9.17, 15) is 9.90 Å². The van der Waals surface area contributed by atoms with Crippen LogP contribution in [0.3, 0.4) is 0 Å². The molecule has 1 heterocycles. The summed E-state index contributed by atoms with van der Waals surface area (Å²) in [4.78, 5) is 13.2. The largest absolute Gasteiger partial charge is 0.505 e. The maximum atomic E-state index is 10.7. The van der Waals surface area contributed by atoms with Gasteiger partial charge in [0.15, 0.2) is 11.4 Å². The lowest BCUT2D eigenvalue weighted by atomic mass is 10.2. The van der Waals surface area contributed by atoms with E-state index in [-0.39, 0.29) is 11.4 Å². The topological polar surface area (TPSA) is 73.3 Å². The average Bonchev–Trinajstić information content (AvgIpc) is 2.44. The lowest BCUT2D eigenvalue weighted by Gasteiger charge is -1.91. The van der Waals surface area contributed by atoms with Gasteiger partial charge in [0.1, 0.15) is 0 Å². The van der Waals surface area contributed by atoms with Crippen molar-refractivity contribution < 1.29 is 15.0 Å². The van der Waals surface area contributed by atoms with E-state index in [1.54, 1.807) is 12.1 Å². The van der Waals surface area contributed by atoms with Gasteiger partial charge in [-0.2, -0.15) is 0 Å². The summed E-state index contributed by atoms with van der Waals surface area (Å²) in [5.74, 6) is -1.48. The predicted molar refractivity (Wildman–Crippen MR) is 51.9 cm³/mol. The minimum absolute atomic E-state index is 0.220. The molecule has 14 heavy (non-hydrogen) atoms. The first-order valence-corrected chi connectivity index (χ1v) is 4.21. The van der Waals surface area contributed by atoms with E-state index < -0.39 is 5.97 Å². The fraction of sp³-hybridized carbons (Fsp3) is 0. The first kappa shape index (κ1) is 8.90. The summed E-state index contributed by atoms with van der Waals surface area (Å²) in [6, 6.07) is 4.74. The number of hydrogen-bond donors (Lipinski definition) is 3. The molecule has 0 aliphatic carbocycles. The quantitative estimate of drug-likeness (QED) is 0.677. The van der Waals surface area contributed by atoms with E-state index in [4.69, 9.17) is 16.7 Å². The fourth-order valence-electron chi connectivity index (χ4n) is 1.30. The molecule has 5 heteroatoms. The van der Waals surface area contributed by atoms with Crippen LogP contribution in [0.15, 0.2) is 18.2 Å². The molecule has 0 radical (unpaired) electrons. The highest BCUT2D eigenvalue weighted by atomic mass is 35.5. The zero-order valence-corrected chi connectivity index (χ0v) is 7.67. The first-order chi connectivity index (χ1) is 6.59. The molecule has 0 amide bonds. The molecule has 0 spiro atoms. The number of carbonyl (C=O) groups is 1. The highest BCUT2D eigenvalue weighted by Crippen LogP contribution is 2.30. The molecule has 0 aliphatic rings. The minimum Gasteiger partial charge on any atom is -0.505 e. The number of aromatic amines is 1. The van der Waals surface area contributed by atoms with Crippen molar-refractivity contribution in [1.82, 2.24) is 4.98 Å². The van der Waals surface area contributed by atoms with Crippen molar-refractivity contribution in [2.45, 2.75) is 0 Å². The molecule has 1 aromatic heterocycles. The van der Waals surface area contributed by atoms with Crippen LogP contribution in [0.5, 0.6) is 5.75 Å². The summed E-state index contributed by atoms with van der Waals surface area (Å²) < 4.78 is 0. The van der Waals surface area contributed by atoms with Crippen LogP contribution in [0, 0.1) is 0 Å².